The molecule has 7 nitrogen and oxygen atoms in total. The number of aliphatic hydroxyl groups is 1. The molecule has 0 aliphatic heterocycles. The van der Waals surface area contributed by atoms with Gasteiger partial charge in [0.2, 0.25) is 0 Å². The Balaban J connectivity index is 3.05. The molecule has 0 radical (unpaired) electrons. The lowest BCUT2D eigenvalue weighted by molar-refractivity contribution is 0.0515. The molecule has 1 aromatic carbocycles. The van der Waals surface area contributed by atoms with E-state index in [0.717, 1.165) is 11.1 Å². The molecule has 2 N–H and O–H groups in total. The number of carbonyl (C=O) groups is 1. The molecule has 0 unspecified atom stereocenters. The van der Waals surface area contributed by atoms with Gasteiger partial charge in [0.1, 0.15) is 24.5 Å². The van der Waals surface area contributed by atoms with Crippen LogP contribution >= 0.6 is 0 Å². The number of aliphatic hydroxyl groups excluding tert-OH is 1. The maximum absolute atomic E-state index is 11.9. The first-order valence-corrected chi connectivity index (χ1v) is 8.87. The second kappa shape index (κ2) is 10.5. The second-order valence-corrected chi connectivity index (χ2v) is 7.01. The van der Waals surface area contributed by atoms with Crippen molar-refractivity contribution >= 4 is 6.09 Å². The van der Waals surface area contributed by atoms with Crippen LogP contribution < -0.4 is 10.1 Å². The van der Waals surface area contributed by atoms with Crippen LogP contribution in [0.3, 0.4) is 0 Å². The predicted octanol–water partition coefficient (Wildman–Crippen LogP) is 3.29. The van der Waals surface area contributed by atoms with Crippen molar-refractivity contribution in [1.82, 2.24) is 5.32 Å². The van der Waals surface area contributed by atoms with Gasteiger partial charge in [0.05, 0.1) is 18.2 Å². The zero-order chi connectivity index (χ0) is 20.4. The Morgan fingerprint density at radius 3 is 2.63 bits per heavy atom. The lowest BCUT2D eigenvalue weighted by Crippen LogP contribution is -2.38. The highest BCUT2D eigenvalue weighted by atomic mass is 16.6. The molecule has 0 spiro atoms. The van der Waals surface area contributed by atoms with Crippen LogP contribution in [0.15, 0.2) is 17.3 Å². The summed E-state index contributed by atoms with van der Waals surface area (Å²) in [5.74, 6) is 6.49. The van der Waals surface area contributed by atoms with Crippen molar-refractivity contribution in [2.75, 3.05) is 13.2 Å². The van der Waals surface area contributed by atoms with Gasteiger partial charge >= 0.3 is 6.09 Å². The van der Waals surface area contributed by atoms with Crippen molar-refractivity contribution < 1.29 is 19.4 Å². The number of amides is 1. The Morgan fingerprint density at radius 2 is 2.07 bits per heavy atom. The quantitative estimate of drug-likeness (QED) is 0.562. The fraction of sp³-hybridized carbons (Fsp3) is 0.550. The molecule has 1 atom stereocenters. The first kappa shape index (κ1) is 22.5. The highest BCUT2D eigenvalue weighted by Crippen LogP contribution is 2.24. The van der Waals surface area contributed by atoms with E-state index in [0.29, 0.717) is 17.7 Å². The molecule has 1 amide bonds. The van der Waals surface area contributed by atoms with Crippen molar-refractivity contribution in [3.63, 3.8) is 0 Å². The summed E-state index contributed by atoms with van der Waals surface area (Å²) in [5.41, 5.74) is 1.63. The van der Waals surface area contributed by atoms with Gasteiger partial charge < -0.3 is 19.9 Å². The van der Waals surface area contributed by atoms with Crippen molar-refractivity contribution in [2.24, 2.45) is 5.18 Å². The summed E-state index contributed by atoms with van der Waals surface area (Å²) in [6.45, 7) is 9.15. The van der Waals surface area contributed by atoms with E-state index in [-0.39, 0.29) is 25.8 Å². The first-order valence-electron chi connectivity index (χ1n) is 8.87. The second-order valence-electron chi connectivity index (χ2n) is 7.01. The minimum atomic E-state index is -0.583. The third kappa shape index (κ3) is 8.09. The number of aryl methyl sites for hydroxylation is 1. The Labute approximate surface area is 160 Å². The smallest absolute Gasteiger partial charge is 0.408 e. The van der Waals surface area contributed by atoms with E-state index in [1.807, 2.05) is 13.8 Å². The molecule has 1 aromatic rings. The lowest BCUT2D eigenvalue weighted by Gasteiger charge is -2.21. The Bertz CT molecular complexity index is 714. The summed E-state index contributed by atoms with van der Waals surface area (Å²) in [6, 6.07) is 3.13. The molecule has 7 heteroatoms. The lowest BCUT2D eigenvalue weighted by atomic mass is 10.0. The summed E-state index contributed by atoms with van der Waals surface area (Å²) in [6.07, 6.45) is 0.0783. The molecular formula is C20H28N2O5. The topological polar surface area (TPSA) is 97.2 Å². The number of benzene rings is 1. The molecule has 148 valence electrons. The van der Waals surface area contributed by atoms with Gasteiger partial charge in [-0.25, -0.2) is 4.79 Å². The molecule has 0 aliphatic carbocycles. The maximum Gasteiger partial charge on any atom is 0.408 e. The highest BCUT2D eigenvalue weighted by molar-refractivity contribution is 5.68. The number of ether oxygens (including phenoxy) is 2. The molecule has 0 fully saturated rings. The van der Waals surface area contributed by atoms with Gasteiger partial charge in [-0.2, -0.15) is 4.91 Å². The highest BCUT2D eigenvalue weighted by Gasteiger charge is 2.18. The number of carbonyl (C=O) groups excluding carboxylic acids is 1. The maximum atomic E-state index is 11.9. The number of alkyl carbamates (subject to hydrolysis) is 1. The molecule has 0 aliphatic rings. The van der Waals surface area contributed by atoms with E-state index < -0.39 is 11.7 Å². The molecule has 0 aromatic heterocycles. The summed E-state index contributed by atoms with van der Waals surface area (Å²) in [7, 11) is 0. The molecular weight excluding hydrogens is 348 g/mol. The normalized spacial score (nSPS) is 11.8. The Hall–Kier alpha value is -2.59. The molecule has 1 rings (SSSR count). The monoisotopic (exact) mass is 376 g/mol. The third-order valence-corrected chi connectivity index (χ3v) is 3.50. The first-order chi connectivity index (χ1) is 12.7. The molecule has 0 saturated heterocycles. The number of nitrogens with one attached hydrogen (secondary N) is 1. The average molecular weight is 376 g/mol. The summed E-state index contributed by atoms with van der Waals surface area (Å²) < 4.78 is 10.8. The Kier molecular flexibility index (Phi) is 8.76. The zero-order valence-electron chi connectivity index (χ0n) is 16.6. The Morgan fingerprint density at radius 1 is 1.37 bits per heavy atom. The summed E-state index contributed by atoms with van der Waals surface area (Å²) >= 11 is 0. The van der Waals surface area contributed by atoms with E-state index >= 15 is 0 Å². The molecule has 27 heavy (non-hydrogen) atoms. The van der Waals surface area contributed by atoms with E-state index in [1.165, 1.54) is 0 Å². The third-order valence-electron chi connectivity index (χ3n) is 3.50. The number of hydrogen-bond donors (Lipinski definition) is 2. The largest absolute Gasteiger partial charge is 0.490 e. The van der Waals surface area contributed by atoms with Crippen LogP contribution in [0.4, 0.5) is 4.79 Å². The van der Waals surface area contributed by atoms with Gasteiger partial charge in [-0.1, -0.05) is 23.9 Å². The van der Waals surface area contributed by atoms with Crippen LogP contribution in [0.1, 0.15) is 50.8 Å². The standard InChI is InChI=1S/C20H28N2O5/c1-6-17(22-19(24)27-20(3,4)5)8-7-15-11-14(2)16(13-21-25)12-18(15)26-10-9-23/h11-12,17,23H,6,9-10,13H2,1-5H3,(H,22,24)/t17-/m1/s1. The summed E-state index contributed by atoms with van der Waals surface area (Å²) in [4.78, 5) is 22.5. The predicted molar refractivity (Wildman–Crippen MR) is 104 cm³/mol. The van der Waals surface area contributed by atoms with Gasteiger partial charge in [0, 0.05) is 0 Å². The van der Waals surface area contributed by atoms with E-state index in [1.54, 1.807) is 32.9 Å². The molecule has 0 bridgehead atoms. The van der Waals surface area contributed by atoms with Crippen LogP contribution in [0.25, 0.3) is 0 Å². The van der Waals surface area contributed by atoms with Crippen molar-refractivity contribution in [3.8, 4) is 17.6 Å². The van der Waals surface area contributed by atoms with Gasteiger partial charge in [0.15, 0.2) is 0 Å². The van der Waals surface area contributed by atoms with Crippen molar-refractivity contribution in [1.29, 1.82) is 0 Å². The zero-order valence-corrected chi connectivity index (χ0v) is 16.6. The van der Waals surface area contributed by atoms with E-state index in [4.69, 9.17) is 14.6 Å². The number of hydrogen-bond acceptors (Lipinski definition) is 6. The summed E-state index contributed by atoms with van der Waals surface area (Å²) in [5, 5.41) is 14.6. The van der Waals surface area contributed by atoms with Crippen LogP contribution in [-0.4, -0.2) is 36.1 Å². The number of rotatable bonds is 7. The van der Waals surface area contributed by atoms with Crippen LogP contribution in [-0.2, 0) is 11.3 Å². The fourth-order valence-corrected chi connectivity index (χ4v) is 2.20. The average Bonchev–Trinajstić information content (AvgIpc) is 2.57. The van der Waals surface area contributed by atoms with Crippen LogP contribution in [0, 0.1) is 23.7 Å². The van der Waals surface area contributed by atoms with Crippen LogP contribution in [0.2, 0.25) is 0 Å². The number of nitrogens with zero attached hydrogens (tertiary/aromatic N) is 1. The molecule has 0 heterocycles. The van der Waals surface area contributed by atoms with Gasteiger partial charge in [-0.3, -0.25) is 0 Å². The van der Waals surface area contributed by atoms with Gasteiger partial charge in [0.25, 0.3) is 0 Å². The van der Waals surface area contributed by atoms with Gasteiger partial charge in [-0.15, -0.1) is 0 Å². The van der Waals surface area contributed by atoms with E-state index in [2.05, 4.69) is 22.3 Å². The van der Waals surface area contributed by atoms with E-state index in [9.17, 15) is 9.70 Å². The minimum absolute atomic E-state index is 0.0345. The number of nitroso groups, excluding NO2 is 1. The molecule has 0 saturated carbocycles. The van der Waals surface area contributed by atoms with Crippen molar-refractivity contribution in [3.05, 3.63) is 33.7 Å². The SMILES string of the molecule is CC[C@H](C#Cc1cc(C)c(CN=O)cc1OCCO)NC(=O)OC(C)(C)C. The minimum Gasteiger partial charge on any atom is -0.490 e. The van der Waals surface area contributed by atoms with Crippen molar-refractivity contribution in [2.45, 2.75) is 59.2 Å². The van der Waals surface area contributed by atoms with Gasteiger partial charge in [-0.05, 0) is 57.4 Å². The fourth-order valence-electron chi connectivity index (χ4n) is 2.20. The van der Waals surface area contributed by atoms with Crippen LogP contribution in [0.5, 0.6) is 5.75 Å².